The van der Waals surface area contributed by atoms with Gasteiger partial charge in [-0.15, -0.1) is 0 Å². The van der Waals surface area contributed by atoms with E-state index in [1.54, 1.807) is 18.2 Å². The van der Waals surface area contributed by atoms with Crippen LogP contribution in [-0.4, -0.2) is 48.8 Å². The minimum Gasteiger partial charge on any atom is -0.465 e. The molecule has 0 bridgehead atoms. The topological polar surface area (TPSA) is 53.6 Å². The lowest BCUT2D eigenvalue weighted by molar-refractivity contribution is 0.0601. The molecule has 1 atom stereocenters. The highest BCUT2D eigenvalue weighted by Crippen LogP contribution is 2.19. The van der Waals surface area contributed by atoms with E-state index in [2.05, 4.69) is 22.5 Å². The summed E-state index contributed by atoms with van der Waals surface area (Å²) in [6, 6.07) is 7.88. The molecule has 1 aliphatic rings. The van der Waals surface area contributed by atoms with Crippen LogP contribution in [0.15, 0.2) is 24.3 Å². The molecular formula is C19H29N3O2S. The Morgan fingerprint density at radius 1 is 1.40 bits per heavy atom. The van der Waals surface area contributed by atoms with E-state index in [0.29, 0.717) is 10.7 Å². The highest BCUT2D eigenvalue weighted by molar-refractivity contribution is 7.80. The number of hydrogen-bond acceptors (Lipinski definition) is 4. The van der Waals surface area contributed by atoms with Crippen molar-refractivity contribution in [2.75, 3.05) is 32.1 Å². The molecule has 2 N–H and O–H groups in total. The van der Waals surface area contributed by atoms with Gasteiger partial charge < -0.3 is 20.3 Å². The average molecular weight is 364 g/mol. The van der Waals surface area contributed by atoms with Crippen molar-refractivity contribution in [3.63, 3.8) is 0 Å². The predicted octanol–water partition coefficient (Wildman–Crippen LogP) is 3.41. The number of piperidine rings is 1. The van der Waals surface area contributed by atoms with Gasteiger partial charge in [0.05, 0.1) is 12.7 Å². The summed E-state index contributed by atoms with van der Waals surface area (Å²) in [5.41, 5.74) is 1.29. The Morgan fingerprint density at radius 2 is 2.24 bits per heavy atom. The van der Waals surface area contributed by atoms with Gasteiger partial charge in [-0.1, -0.05) is 19.4 Å². The van der Waals surface area contributed by atoms with E-state index in [1.807, 2.05) is 6.07 Å². The first-order chi connectivity index (χ1) is 12.1. The molecule has 1 aromatic carbocycles. The molecule has 0 radical (unpaired) electrons. The van der Waals surface area contributed by atoms with Crippen LogP contribution in [0.4, 0.5) is 5.69 Å². The van der Waals surface area contributed by atoms with Gasteiger partial charge in [-0.3, -0.25) is 0 Å². The second-order valence-corrected chi connectivity index (χ2v) is 6.81. The molecule has 1 aliphatic heterocycles. The van der Waals surface area contributed by atoms with E-state index in [0.717, 1.165) is 31.2 Å². The van der Waals surface area contributed by atoms with E-state index in [-0.39, 0.29) is 5.97 Å². The van der Waals surface area contributed by atoms with Crippen LogP contribution in [0, 0.1) is 0 Å². The maximum absolute atomic E-state index is 11.6. The number of methoxy groups -OCH3 is 1. The monoisotopic (exact) mass is 363 g/mol. The molecule has 0 unspecified atom stereocenters. The highest BCUT2D eigenvalue weighted by Gasteiger charge is 2.19. The Morgan fingerprint density at radius 3 is 3.00 bits per heavy atom. The number of likely N-dealkylation sites (tertiary alicyclic amines) is 1. The van der Waals surface area contributed by atoms with Crippen LogP contribution in [-0.2, 0) is 4.74 Å². The summed E-state index contributed by atoms with van der Waals surface area (Å²) in [5, 5.41) is 6.94. The first kappa shape index (κ1) is 19.7. The molecular weight excluding hydrogens is 334 g/mol. The van der Waals surface area contributed by atoms with Crippen molar-refractivity contribution < 1.29 is 9.53 Å². The number of thiocarbonyl (C=S) groups is 1. The third kappa shape index (κ3) is 6.29. The molecule has 1 saturated heterocycles. The molecule has 1 aromatic rings. The Bertz CT molecular complexity index is 580. The molecule has 2 rings (SSSR count). The number of anilines is 1. The molecule has 6 heteroatoms. The Kier molecular flexibility index (Phi) is 8.15. The summed E-state index contributed by atoms with van der Waals surface area (Å²) in [4.78, 5) is 14.2. The van der Waals surface area contributed by atoms with Crippen molar-refractivity contribution in [3.8, 4) is 0 Å². The molecule has 5 nitrogen and oxygen atoms in total. The van der Waals surface area contributed by atoms with Gasteiger partial charge in [-0.05, 0) is 62.6 Å². The maximum atomic E-state index is 11.6. The fraction of sp³-hybridized carbons (Fsp3) is 0.579. The summed E-state index contributed by atoms with van der Waals surface area (Å²) in [6.07, 6.45) is 6.33. The van der Waals surface area contributed by atoms with Crippen molar-refractivity contribution in [1.29, 1.82) is 0 Å². The SMILES string of the molecule is CC[C@H]1CCCCN1CCCNC(=S)Nc1cccc(C(=O)OC)c1. The summed E-state index contributed by atoms with van der Waals surface area (Å²) < 4.78 is 4.73. The van der Waals surface area contributed by atoms with Gasteiger partial charge in [-0.2, -0.15) is 0 Å². The number of carbonyl (C=O) groups excluding carboxylic acids is 1. The maximum Gasteiger partial charge on any atom is 0.337 e. The van der Waals surface area contributed by atoms with Gasteiger partial charge in [0.2, 0.25) is 0 Å². The highest BCUT2D eigenvalue weighted by atomic mass is 32.1. The van der Waals surface area contributed by atoms with Crippen LogP contribution in [0.1, 0.15) is 49.4 Å². The van der Waals surface area contributed by atoms with Gasteiger partial charge in [0.25, 0.3) is 0 Å². The first-order valence-corrected chi connectivity index (χ1v) is 9.52. The zero-order valence-electron chi connectivity index (χ0n) is 15.2. The van der Waals surface area contributed by atoms with Crippen LogP contribution < -0.4 is 10.6 Å². The standard InChI is InChI=1S/C19H29N3O2S/c1-3-17-10-4-5-12-22(17)13-7-11-20-19(25)21-16-9-6-8-15(14-16)18(23)24-2/h6,8-9,14,17H,3-5,7,10-13H2,1-2H3,(H2,20,21,25)/t17-/m0/s1. The van der Waals surface area contributed by atoms with Gasteiger partial charge in [0.1, 0.15) is 0 Å². The van der Waals surface area contributed by atoms with E-state index < -0.39 is 0 Å². The lowest BCUT2D eigenvalue weighted by Crippen LogP contribution is -2.40. The lowest BCUT2D eigenvalue weighted by atomic mass is 10.00. The number of rotatable bonds is 7. The normalized spacial score (nSPS) is 17.8. The van der Waals surface area contributed by atoms with E-state index in [1.165, 1.54) is 39.3 Å². The summed E-state index contributed by atoms with van der Waals surface area (Å²) in [5.74, 6) is -0.352. The number of nitrogens with one attached hydrogen (secondary N) is 2. The lowest BCUT2D eigenvalue weighted by Gasteiger charge is -2.35. The molecule has 138 valence electrons. The minimum atomic E-state index is -0.352. The van der Waals surface area contributed by atoms with Crippen LogP contribution in [0.3, 0.4) is 0 Å². The van der Waals surface area contributed by atoms with Crippen molar-refractivity contribution in [3.05, 3.63) is 29.8 Å². The second-order valence-electron chi connectivity index (χ2n) is 6.40. The average Bonchev–Trinajstić information content (AvgIpc) is 2.65. The first-order valence-electron chi connectivity index (χ1n) is 9.11. The predicted molar refractivity (Wildman–Crippen MR) is 106 cm³/mol. The molecule has 0 spiro atoms. The minimum absolute atomic E-state index is 0.352. The fourth-order valence-corrected chi connectivity index (χ4v) is 3.54. The largest absolute Gasteiger partial charge is 0.465 e. The van der Waals surface area contributed by atoms with E-state index in [4.69, 9.17) is 17.0 Å². The number of ether oxygens (including phenoxy) is 1. The third-order valence-corrected chi connectivity index (χ3v) is 4.92. The zero-order valence-corrected chi connectivity index (χ0v) is 16.0. The number of hydrogen-bond donors (Lipinski definition) is 2. The second kappa shape index (κ2) is 10.4. The smallest absolute Gasteiger partial charge is 0.337 e. The number of nitrogens with zero attached hydrogens (tertiary/aromatic N) is 1. The quantitative estimate of drug-likeness (QED) is 0.440. The molecule has 1 fully saturated rings. The van der Waals surface area contributed by atoms with Crippen molar-refractivity contribution in [1.82, 2.24) is 10.2 Å². The number of esters is 1. The zero-order chi connectivity index (χ0) is 18.1. The Hall–Kier alpha value is -1.66. The number of benzene rings is 1. The molecule has 0 amide bonds. The summed E-state index contributed by atoms with van der Waals surface area (Å²) in [7, 11) is 1.38. The number of carbonyl (C=O) groups is 1. The molecule has 0 saturated carbocycles. The van der Waals surface area contributed by atoms with Crippen molar-refractivity contribution >= 4 is 29.0 Å². The van der Waals surface area contributed by atoms with E-state index in [9.17, 15) is 4.79 Å². The van der Waals surface area contributed by atoms with E-state index >= 15 is 0 Å². The fourth-order valence-electron chi connectivity index (χ4n) is 3.32. The Labute approximate surface area is 156 Å². The van der Waals surface area contributed by atoms with Crippen LogP contribution in [0.5, 0.6) is 0 Å². The molecule has 1 heterocycles. The van der Waals surface area contributed by atoms with Gasteiger partial charge in [0, 0.05) is 24.8 Å². The molecule has 0 aliphatic carbocycles. The molecule has 0 aromatic heterocycles. The van der Waals surface area contributed by atoms with Crippen LogP contribution in [0.2, 0.25) is 0 Å². The summed E-state index contributed by atoms with van der Waals surface area (Å²) in [6.45, 7) is 5.46. The van der Waals surface area contributed by atoms with Crippen LogP contribution >= 0.6 is 12.2 Å². The van der Waals surface area contributed by atoms with Gasteiger partial charge in [0.15, 0.2) is 5.11 Å². The Balaban J connectivity index is 1.71. The van der Waals surface area contributed by atoms with Crippen LogP contribution in [0.25, 0.3) is 0 Å². The van der Waals surface area contributed by atoms with Crippen molar-refractivity contribution in [2.45, 2.75) is 45.1 Å². The summed E-state index contributed by atoms with van der Waals surface area (Å²) >= 11 is 5.34. The van der Waals surface area contributed by atoms with Crippen molar-refractivity contribution in [2.24, 2.45) is 0 Å². The van der Waals surface area contributed by atoms with Gasteiger partial charge in [-0.25, -0.2) is 4.79 Å². The van der Waals surface area contributed by atoms with Gasteiger partial charge >= 0.3 is 5.97 Å². The third-order valence-electron chi connectivity index (χ3n) is 4.67. The molecule has 25 heavy (non-hydrogen) atoms.